The first-order chi connectivity index (χ1) is 10.5. The molecule has 1 atom stereocenters. The normalized spacial score (nSPS) is 17.9. The van der Waals surface area contributed by atoms with Crippen LogP contribution in [0.4, 0.5) is 0 Å². The fraction of sp³-hybridized carbons (Fsp3) is 0.467. The van der Waals surface area contributed by atoms with E-state index in [9.17, 15) is 9.59 Å². The van der Waals surface area contributed by atoms with E-state index in [0.29, 0.717) is 30.2 Å². The summed E-state index contributed by atoms with van der Waals surface area (Å²) in [5, 5.41) is 8.97. The zero-order valence-electron chi connectivity index (χ0n) is 12.6. The van der Waals surface area contributed by atoms with Crippen LogP contribution in [0.5, 0.6) is 11.5 Å². The molecular weight excluding hydrogens is 290 g/mol. The number of hydrogen-bond donors (Lipinski definition) is 1. The highest BCUT2D eigenvalue weighted by Gasteiger charge is 2.30. The lowest BCUT2D eigenvalue weighted by Gasteiger charge is -2.35. The van der Waals surface area contributed by atoms with E-state index in [1.54, 1.807) is 18.2 Å². The lowest BCUT2D eigenvalue weighted by Crippen LogP contribution is -2.49. The Kier molecular flexibility index (Phi) is 5.21. The van der Waals surface area contributed by atoms with Crippen molar-refractivity contribution in [1.29, 1.82) is 0 Å². The molecule has 1 N–H and O–H groups in total. The summed E-state index contributed by atoms with van der Waals surface area (Å²) >= 11 is 0. The van der Waals surface area contributed by atoms with Crippen molar-refractivity contribution in [2.75, 3.05) is 34.0 Å². The minimum absolute atomic E-state index is 0.146. The highest BCUT2D eigenvalue weighted by molar-refractivity contribution is 5.95. The quantitative estimate of drug-likeness (QED) is 0.874. The molecule has 0 saturated carbocycles. The van der Waals surface area contributed by atoms with Crippen LogP contribution in [0.25, 0.3) is 0 Å². The van der Waals surface area contributed by atoms with E-state index in [1.807, 2.05) is 0 Å². The molecule has 0 bridgehead atoms. The Bertz CT molecular complexity index is 537. The van der Waals surface area contributed by atoms with Crippen LogP contribution in [0.3, 0.4) is 0 Å². The Hall–Kier alpha value is -2.28. The molecule has 7 nitrogen and oxygen atoms in total. The fourth-order valence-electron chi connectivity index (χ4n) is 2.39. The Morgan fingerprint density at radius 3 is 2.45 bits per heavy atom. The number of aliphatic carboxylic acids is 1. The second-order valence-corrected chi connectivity index (χ2v) is 4.93. The SMILES string of the molecule is COc1cc(OC)cc(C(=O)N2CCOCC2CC(=O)O)c1. The number of rotatable bonds is 5. The Morgan fingerprint density at radius 1 is 1.27 bits per heavy atom. The lowest BCUT2D eigenvalue weighted by molar-refractivity contribution is -0.139. The third-order valence-electron chi connectivity index (χ3n) is 3.50. The van der Waals surface area contributed by atoms with Crippen molar-refractivity contribution in [3.05, 3.63) is 23.8 Å². The Balaban J connectivity index is 2.26. The van der Waals surface area contributed by atoms with E-state index in [2.05, 4.69) is 0 Å². The van der Waals surface area contributed by atoms with Crippen LogP contribution in [0.1, 0.15) is 16.8 Å². The van der Waals surface area contributed by atoms with Crippen LogP contribution >= 0.6 is 0 Å². The Labute approximate surface area is 128 Å². The first-order valence-corrected chi connectivity index (χ1v) is 6.88. The molecule has 0 aliphatic carbocycles. The van der Waals surface area contributed by atoms with Gasteiger partial charge in [-0.25, -0.2) is 0 Å². The van der Waals surface area contributed by atoms with Gasteiger partial charge in [0, 0.05) is 18.2 Å². The highest BCUT2D eigenvalue weighted by Crippen LogP contribution is 2.25. The van der Waals surface area contributed by atoms with Gasteiger partial charge in [0.05, 0.1) is 39.9 Å². The number of methoxy groups -OCH3 is 2. The monoisotopic (exact) mass is 309 g/mol. The van der Waals surface area contributed by atoms with Crippen molar-refractivity contribution < 1.29 is 28.9 Å². The maximum Gasteiger partial charge on any atom is 0.305 e. The summed E-state index contributed by atoms with van der Waals surface area (Å²) in [6.07, 6.45) is -0.146. The van der Waals surface area contributed by atoms with Crippen molar-refractivity contribution in [1.82, 2.24) is 4.90 Å². The van der Waals surface area contributed by atoms with Gasteiger partial charge in [0.15, 0.2) is 0 Å². The molecule has 1 amide bonds. The van der Waals surface area contributed by atoms with Gasteiger partial charge in [-0.15, -0.1) is 0 Å². The minimum atomic E-state index is -0.962. The third-order valence-corrected chi connectivity index (χ3v) is 3.50. The predicted octanol–water partition coefficient (Wildman–Crippen LogP) is 1.02. The molecule has 2 rings (SSSR count). The number of amides is 1. The zero-order valence-corrected chi connectivity index (χ0v) is 12.6. The number of nitrogens with zero attached hydrogens (tertiary/aromatic N) is 1. The molecule has 7 heteroatoms. The summed E-state index contributed by atoms with van der Waals surface area (Å²) < 4.78 is 15.6. The van der Waals surface area contributed by atoms with Crippen molar-refractivity contribution in [3.8, 4) is 11.5 Å². The molecule has 1 saturated heterocycles. The van der Waals surface area contributed by atoms with Gasteiger partial charge in [-0.3, -0.25) is 9.59 Å². The molecule has 1 unspecified atom stereocenters. The predicted molar refractivity (Wildman–Crippen MR) is 77.4 cm³/mol. The molecule has 120 valence electrons. The third kappa shape index (κ3) is 3.67. The second kappa shape index (κ2) is 7.13. The highest BCUT2D eigenvalue weighted by atomic mass is 16.5. The molecule has 0 spiro atoms. The molecule has 0 radical (unpaired) electrons. The van der Waals surface area contributed by atoms with E-state index < -0.39 is 12.0 Å². The average Bonchev–Trinajstić information content (AvgIpc) is 2.53. The first kappa shape index (κ1) is 16.1. The van der Waals surface area contributed by atoms with Crippen LogP contribution < -0.4 is 9.47 Å². The van der Waals surface area contributed by atoms with Gasteiger partial charge in [-0.2, -0.15) is 0 Å². The van der Waals surface area contributed by atoms with Gasteiger partial charge in [-0.1, -0.05) is 0 Å². The molecule has 1 heterocycles. The maximum atomic E-state index is 12.7. The van der Waals surface area contributed by atoms with Crippen molar-refractivity contribution in [2.24, 2.45) is 0 Å². The standard InChI is InChI=1S/C15H19NO6/c1-20-12-5-10(6-13(8-12)21-2)15(19)16-3-4-22-9-11(16)7-14(17)18/h5-6,8,11H,3-4,7,9H2,1-2H3,(H,17,18). The average molecular weight is 309 g/mol. The number of morpholine rings is 1. The molecular formula is C15H19NO6. The molecule has 1 aromatic rings. The van der Waals surface area contributed by atoms with Crippen LogP contribution in [0.15, 0.2) is 18.2 Å². The molecule has 22 heavy (non-hydrogen) atoms. The van der Waals surface area contributed by atoms with Crippen LogP contribution in [-0.2, 0) is 9.53 Å². The first-order valence-electron chi connectivity index (χ1n) is 6.88. The zero-order chi connectivity index (χ0) is 16.1. The number of carbonyl (C=O) groups excluding carboxylic acids is 1. The van der Waals surface area contributed by atoms with Gasteiger partial charge in [0.25, 0.3) is 5.91 Å². The van der Waals surface area contributed by atoms with Crippen molar-refractivity contribution in [2.45, 2.75) is 12.5 Å². The summed E-state index contributed by atoms with van der Waals surface area (Å²) in [6, 6.07) is 4.41. The molecule has 1 aromatic carbocycles. The van der Waals surface area contributed by atoms with Crippen molar-refractivity contribution in [3.63, 3.8) is 0 Å². The van der Waals surface area contributed by atoms with E-state index in [0.717, 1.165) is 0 Å². The van der Waals surface area contributed by atoms with E-state index in [1.165, 1.54) is 19.1 Å². The van der Waals surface area contributed by atoms with Crippen LogP contribution in [0.2, 0.25) is 0 Å². The number of benzene rings is 1. The fourth-order valence-corrected chi connectivity index (χ4v) is 2.39. The van der Waals surface area contributed by atoms with E-state index in [4.69, 9.17) is 19.3 Å². The van der Waals surface area contributed by atoms with Crippen molar-refractivity contribution >= 4 is 11.9 Å². The topological polar surface area (TPSA) is 85.3 Å². The smallest absolute Gasteiger partial charge is 0.305 e. The van der Waals surface area contributed by atoms with E-state index in [-0.39, 0.29) is 18.9 Å². The van der Waals surface area contributed by atoms with Crippen LogP contribution in [0, 0.1) is 0 Å². The summed E-state index contributed by atoms with van der Waals surface area (Å²) in [6.45, 7) is 0.971. The van der Waals surface area contributed by atoms with Crippen LogP contribution in [-0.4, -0.2) is 61.9 Å². The van der Waals surface area contributed by atoms with E-state index >= 15 is 0 Å². The molecule has 1 aliphatic rings. The lowest BCUT2D eigenvalue weighted by atomic mass is 10.1. The maximum absolute atomic E-state index is 12.7. The summed E-state index contributed by atoms with van der Waals surface area (Å²) in [5.74, 6) is -0.209. The Morgan fingerprint density at radius 2 is 1.91 bits per heavy atom. The summed E-state index contributed by atoms with van der Waals surface area (Å²) in [4.78, 5) is 25.2. The summed E-state index contributed by atoms with van der Waals surface area (Å²) in [7, 11) is 3.01. The second-order valence-electron chi connectivity index (χ2n) is 4.93. The largest absolute Gasteiger partial charge is 0.497 e. The number of carboxylic acid groups (broad SMARTS) is 1. The number of ether oxygens (including phenoxy) is 3. The van der Waals surface area contributed by atoms with Gasteiger partial charge in [-0.05, 0) is 12.1 Å². The van der Waals surface area contributed by atoms with Gasteiger partial charge in [0.1, 0.15) is 11.5 Å². The summed E-state index contributed by atoms with van der Waals surface area (Å²) in [5.41, 5.74) is 0.397. The number of carbonyl (C=O) groups is 2. The molecule has 0 aromatic heterocycles. The molecule has 1 fully saturated rings. The minimum Gasteiger partial charge on any atom is -0.497 e. The van der Waals surface area contributed by atoms with Gasteiger partial charge < -0.3 is 24.2 Å². The molecule has 1 aliphatic heterocycles. The van der Waals surface area contributed by atoms with Gasteiger partial charge in [0.2, 0.25) is 0 Å². The number of carboxylic acids is 1. The number of hydrogen-bond acceptors (Lipinski definition) is 5. The van der Waals surface area contributed by atoms with Gasteiger partial charge >= 0.3 is 5.97 Å².